The van der Waals surface area contributed by atoms with Crippen molar-refractivity contribution < 1.29 is 0 Å². The van der Waals surface area contributed by atoms with E-state index >= 15 is 0 Å². The van der Waals surface area contributed by atoms with Crippen molar-refractivity contribution in [3.8, 4) is 0 Å². The van der Waals surface area contributed by atoms with Gasteiger partial charge in [-0.3, -0.25) is 0 Å². The van der Waals surface area contributed by atoms with Crippen molar-refractivity contribution >= 4 is 38.1 Å². The molecule has 2 aromatic rings. The molecule has 0 unspecified atom stereocenters. The number of thiocarbonyl (C=S) groups is 1. The van der Waals surface area contributed by atoms with E-state index in [9.17, 15) is 0 Å². The first-order chi connectivity index (χ1) is 9.79. The Kier molecular flexibility index (Phi) is 6.43. The second kappa shape index (κ2) is 8.35. The number of benzene rings is 2. The number of rotatable bonds is 5. The van der Waals surface area contributed by atoms with Crippen molar-refractivity contribution in [1.29, 1.82) is 0 Å². The molecule has 4 heteroatoms. The van der Waals surface area contributed by atoms with Crippen molar-refractivity contribution in [1.82, 2.24) is 4.90 Å². The summed E-state index contributed by atoms with van der Waals surface area (Å²) in [5, 5.41) is 0. The predicted molar refractivity (Wildman–Crippen MR) is 95.8 cm³/mol. The molecule has 0 saturated heterocycles. The molecule has 0 amide bonds. The van der Waals surface area contributed by atoms with Crippen LogP contribution in [0.3, 0.4) is 0 Å². The van der Waals surface area contributed by atoms with Gasteiger partial charge in [0, 0.05) is 13.1 Å². The fourth-order valence-corrected chi connectivity index (χ4v) is 3.78. The molecule has 0 aliphatic heterocycles. The van der Waals surface area contributed by atoms with Gasteiger partial charge in [0.25, 0.3) is 0 Å². The van der Waals surface area contributed by atoms with Gasteiger partial charge in [-0.25, -0.2) is 0 Å². The Balaban J connectivity index is 2.10. The molecule has 0 aliphatic rings. The third-order valence-corrected chi connectivity index (χ3v) is 5.21. The molecule has 0 aromatic heterocycles. The van der Waals surface area contributed by atoms with E-state index in [1.807, 2.05) is 12.1 Å². The zero-order valence-electron chi connectivity index (χ0n) is 11.4. The van der Waals surface area contributed by atoms with Gasteiger partial charge in [0.05, 0.1) is 0 Å². The summed E-state index contributed by atoms with van der Waals surface area (Å²) in [5.74, 6) is 0. The molecule has 0 atom stereocenters. The Labute approximate surface area is 134 Å². The fraction of sp³-hybridized carbons (Fsp3) is 0.188. The van der Waals surface area contributed by atoms with E-state index in [1.165, 1.54) is 11.1 Å². The van der Waals surface area contributed by atoms with E-state index < -0.39 is 0 Å². The molecule has 0 radical (unpaired) electrons. The summed E-state index contributed by atoms with van der Waals surface area (Å²) in [6.07, 6.45) is 2.06. The van der Waals surface area contributed by atoms with Crippen LogP contribution in [0.2, 0.25) is 0 Å². The summed E-state index contributed by atoms with van der Waals surface area (Å²) in [5.41, 5.74) is 2.57. The summed E-state index contributed by atoms with van der Waals surface area (Å²) in [4.78, 5) is 2.25. The van der Waals surface area contributed by atoms with Gasteiger partial charge in [-0.2, -0.15) is 0 Å². The van der Waals surface area contributed by atoms with Crippen molar-refractivity contribution in [3.05, 3.63) is 71.8 Å². The van der Waals surface area contributed by atoms with Crippen LogP contribution in [-0.4, -0.2) is 15.5 Å². The van der Waals surface area contributed by atoms with Gasteiger partial charge in [-0.1, -0.05) is 83.7 Å². The van der Waals surface area contributed by atoms with E-state index in [0.717, 1.165) is 17.4 Å². The summed E-state index contributed by atoms with van der Waals surface area (Å²) in [7, 11) is 3.34. The van der Waals surface area contributed by atoms with Crippen LogP contribution < -0.4 is 0 Å². The molecule has 1 nitrogen and oxygen atoms in total. The lowest BCUT2D eigenvalue weighted by molar-refractivity contribution is 0.421. The highest BCUT2D eigenvalue weighted by Gasteiger charge is 2.11. The van der Waals surface area contributed by atoms with Gasteiger partial charge in [0.2, 0.25) is 0 Å². The minimum Gasteiger partial charge on any atom is -0.348 e. The topological polar surface area (TPSA) is 3.24 Å². The molecule has 0 bridgehead atoms. The first-order valence-corrected chi connectivity index (χ1v) is 9.33. The maximum atomic E-state index is 5.54. The van der Waals surface area contributed by atoms with Crippen LogP contribution >= 0.6 is 33.8 Å². The standard InChI is InChI=1S/C16H17NS3/c1-19-20-16(18)17(12-14-8-4-2-5-9-14)13-15-10-6-3-7-11-15/h2-11H,12-13H2,1H3. The SMILES string of the molecule is CSSC(=S)N(Cc1ccccc1)Cc1ccccc1. The first-order valence-electron chi connectivity index (χ1n) is 6.37. The predicted octanol–water partition coefficient (Wildman–Crippen LogP) is 4.98. The molecule has 0 fully saturated rings. The van der Waals surface area contributed by atoms with Crippen molar-refractivity contribution in [3.63, 3.8) is 0 Å². The summed E-state index contributed by atoms with van der Waals surface area (Å²) in [6.45, 7) is 1.70. The van der Waals surface area contributed by atoms with E-state index in [4.69, 9.17) is 12.2 Å². The molecule has 0 spiro atoms. The van der Waals surface area contributed by atoms with Gasteiger partial charge in [0.1, 0.15) is 4.32 Å². The highest BCUT2D eigenvalue weighted by Crippen LogP contribution is 2.24. The average Bonchev–Trinajstić information content (AvgIpc) is 2.49. The lowest BCUT2D eigenvalue weighted by atomic mass is 10.2. The van der Waals surface area contributed by atoms with Gasteiger partial charge in [0.15, 0.2) is 0 Å². The molecule has 104 valence electrons. The van der Waals surface area contributed by atoms with Crippen LogP contribution in [0.5, 0.6) is 0 Å². The Morgan fingerprint density at radius 1 is 0.900 bits per heavy atom. The van der Waals surface area contributed by atoms with Crippen molar-refractivity contribution in [2.75, 3.05) is 6.26 Å². The smallest absolute Gasteiger partial charge is 0.147 e. The quantitative estimate of drug-likeness (QED) is 0.564. The highest BCUT2D eigenvalue weighted by atomic mass is 33.1. The third-order valence-electron chi connectivity index (χ3n) is 2.85. The van der Waals surface area contributed by atoms with Gasteiger partial charge >= 0.3 is 0 Å². The van der Waals surface area contributed by atoms with Crippen LogP contribution in [0, 0.1) is 0 Å². The molecular weight excluding hydrogens is 302 g/mol. The van der Waals surface area contributed by atoms with E-state index in [2.05, 4.69) is 59.7 Å². The molecule has 0 N–H and O–H groups in total. The molecular formula is C16H17NS3. The summed E-state index contributed by atoms with van der Waals surface area (Å²) in [6, 6.07) is 20.9. The second-order valence-corrected chi connectivity index (χ2v) is 7.37. The Hall–Kier alpha value is -0.970. The number of hydrogen-bond acceptors (Lipinski definition) is 3. The van der Waals surface area contributed by atoms with E-state index in [1.54, 1.807) is 21.6 Å². The average molecular weight is 320 g/mol. The Morgan fingerprint density at radius 3 is 1.75 bits per heavy atom. The summed E-state index contributed by atoms with van der Waals surface area (Å²) < 4.78 is 0.935. The lowest BCUT2D eigenvalue weighted by Crippen LogP contribution is -2.26. The molecule has 2 aromatic carbocycles. The largest absolute Gasteiger partial charge is 0.348 e. The summed E-state index contributed by atoms with van der Waals surface area (Å²) >= 11 is 5.54. The van der Waals surface area contributed by atoms with Crippen LogP contribution in [-0.2, 0) is 13.1 Å². The minimum absolute atomic E-state index is 0.849. The van der Waals surface area contributed by atoms with Crippen LogP contribution in [0.4, 0.5) is 0 Å². The zero-order valence-corrected chi connectivity index (χ0v) is 13.8. The van der Waals surface area contributed by atoms with Gasteiger partial charge in [-0.05, 0) is 28.2 Å². The maximum absolute atomic E-state index is 5.54. The minimum atomic E-state index is 0.849. The van der Waals surface area contributed by atoms with E-state index in [-0.39, 0.29) is 0 Å². The Morgan fingerprint density at radius 2 is 1.35 bits per heavy atom. The molecule has 0 aliphatic carbocycles. The van der Waals surface area contributed by atoms with E-state index in [0.29, 0.717) is 0 Å². The van der Waals surface area contributed by atoms with Crippen LogP contribution in [0.15, 0.2) is 60.7 Å². The Bertz CT molecular complexity index is 486. The van der Waals surface area contributed by atoms with Crippen LogP contribution in [0.1, 0.15) is 11.1 Å². The normalized spacial score (nSPS) is 10.2. The maximum Gasteiger partial charge on any atom is 0.147 e. The fourth-order valence-electron chi connectivity index (χ4n) is 1.92. The number of nitrogens with zero attached hydrogens (tertiary/aromatic N) is 1. The molecule has 20 heavy (non-hydrogen) atoms. The second-order valence-electron chi connectivity index (χ2n) is 4.34. The zero-order chi connectivity index (χ0) is 14.2. The molecule has 0 saturated carbocycles. The van der Waals surface area contributed by atoms with Crippen molar-refractivity contribution in [2.45, 2.75) is 13.1 Å². The van der Waals surface area contributed by atoms with Gasteiger partial charge < -0.3 is 4.90 Å². The van der Waals surface area contributed by atoms with Gasteiger partial charge in [-0.15, -0.1) is 0 Å². The molecule has 2 rings (SSSR count). The monoisotopic (exact) mass is 319 g/mol. The number of hydrogen-bond donors (Lipinski definition) is 0. The third kappa shape index (κ3) is 4.85. The lowest BCUT2D eigenvalue weighted by Gasteiger charge is -2.24. The van der Waals surface area contributed by atoms with Crippen molar-refractivity contribution in [2.24, 2.45) is 0 Å². The molecule has 0 heterocycles. The highest BCUT2D eigenvalue weighted by molar-refractivity contribution is 8.83. The van der Waals surface area contributed by atoms with Crippen LogP contribution in [0.25, 0.3) is 0 Å². The first kappa shape index (κ1) is 15.4.